The Morgan fingerprint density at radius 2 is 1.87 bits per heavy atom. The van der Waals surface area contributed by atoms with E-state index in [0.29, 0.717) is 5.56 Å². The number of aryl methyl sites for hydroxylation is 1. The predicted molar refractivity (Wildman–Crippen MR) is 89.5 cm³/mol. The van der Waals surface area contributed by atoms with Crippen LogP contribution in [0.15, 0.2) is 52.3 Å². The van der Waals surface area contributed by atoms with E-state index in [2.05, 4.69) is 4.72 Å². The van der Waals surface area contributed by atoms with E-state index in [1.165, 1.54) is 19.1 Å². The van der Waals surface area contributed by atoms with Gasteiger partial charge in [0.25, 0.3) is 0 Å². The van der Waals surface area contributed by atoms with Gasteiger partial charge in [0.05, 0.1) is 11.0 Å². The molecule has 4 nitrogen and oxygen atoms in total. The van der Waals surface area contributed by atoms with Gasteiger partial charge in [-0.3, -0.25) is 0 Å². The lowest BCUT2D eigenvalue weighted by molar-refractivity contribution is 0.182. The average molecular weight is 355 g/mol. The van der Waals surface area contributed by atoms with Crippen molar-refractivity contribution < 1.29 is 17.9 Å². The Bertz CT molecular complexity index is 776. The van der Waals surface area contributed by atoms with Crippen molar-refractivity contribution in [2.75, 3.05) is 12.8 Å². The van der Waals surface area contributed by atoms with Crippen molar-refractivity contribution in [3.05, 3.63) is 59.4 Å². The summed E-state index contributed by atoms with van der Waals surface area (Å²) < 4.78 is 39.9. The first kappa shape index (κ1) is 17.9. The molecule has 1 atom stereocenters. The lowest BCUT2D eigenvalue weighted by Gasteiger charge is -2.13. The topological polar surface area (TPSA) is 66.4 Å². The molecule has 0 heterocycles. The molecule has 23 heavy (non-hydrogen) atoms. The van der Waals surface area contributed by atoms with E-state index in [1.807, 2.05) is 18.4 Å². The minimum Gasteiger partial charge on any atom is -0.387 e. The number of halogens is 1. The van der Waals surface area contributed by atoms with Gasteiger partial charge in [0.1, 0.15) is 5.82 Å². The van der Waals surface area contributed by atoms with Crippen LogP contribution in [0.5, 0.6) is 0 Å². The van der Waals surface area contributed by atoms with Crippen molar-refractivity contribution in [2.45, 2.75) is 22.8 Å². The van der Waals surface area contributed by atoms with Crippen LogP contribution in [0.4, 0.5) is 4.39 Å². The van der Waals surface area contributed by atoms with Gasteiger partial charge in [-0.2, -0.15) is 0 Å². The maximum atomic E-state index is 13.2. The van der Waals surface area contributed by atoms with E-state index < -0.39 is 21.9 Å². The Hall–Kier alpha value is -1.41. The second-order valence-corrected chi connectivity index (χ2v) is 7.70. The van der Waals surface area contributed by atoms with Crippen LogP contribution in [0.3, 0.4) is 0 Å². The Kier molecular flexibility index (Phi) is 5.80. The van der Waals surface area contributed by atoms with E-state index in [1.54, 1.807) is 23.9 Å². The van der Waals surface area contributed by atoms with Gasteiger partial charge in [-0.05, 0) is 54.6 Å². The van der Waals surface area contributed by atoms with Crippen molar-refractivity contribution in [2.24, 2.45) is 0 Å². The molecule has 2 aromatic carbocycles. The van der Waals surface area contributed by atoms with Gasteiger partial charge in [-0.25, -0.2) is 17.5 Å². The normalized spacial score (nSPS) is 13.0. The maximum Gasteiger partial charge on any atom is 0.240 e. The van der Waals surface area contributed by atoms with Crippen LogP contribution in [0.1, 0.15) is 17.2 Å². The lowest BCUT2D eigenvalue weighted by Crippen LogP contribution is -2.28. The molecule has 0 aromatic heterocycles. The zero-order valence-corrected chi connectivity index (χ0v) is 14.4. The first-order valence-corrected chi connectivity index (χ1v) is 9.62. The summed E-state index contributed by atoms with van der Waals surface area (Å²) in [4.78, 5) is 1.03. The number of hydrogen-bond donors (Lipinski definition) is 2. The zero-order valence-electron chi connectivity index (χ0n) is 12.8. The Morgan fingerprint density at radius 1 is 1.22 bits per heavy atom. The van der Waals surface area contributed by atoms with Crippen LogP contribution in [0, 0.1) is 12.7 Å². The molecule has 0 bridgehead atoms. The molecule has 2 aromatic rings. The fourth-order valence-corrected chi connectivity index (χ4v) is 3.53. The summed E-state index contributed by atoms with van der Waals surface area (Å²) in [6.45, 7) is 1.34. The molecule has 0 saturated heterocycles. The van der Waals surface area contributed by atoms with E-state index >= 15 is 0 Å². The predicted octanol–water partition coefficient (Wildman–Crippen LogP) is 2.87. The zero-order chi connectivity index (χ0) is 17.0. The van der Waals surface area contributed by atoms with Gasteiger partial charge < -0.3 is 5.11 Å². The molecule has 0 saturated carbocycles. The quantitative estimate of drug-likeness (QED) is 0.782. The molecule has 7 heteroatoms. The van der Waals surface area contributed by atoms with Crippen molar-refractivity contribution in [3.63, 3.8) is 0 Å². The third-order valence-electron chi connectivity index (χ3n) is 3.41. The second-order valence-electron chi connectivity index (χ2n) is 5.05. The highest BCUT2D eigenvalue weighted by molar-refractivity contribution is 7.98. The number of sulfonamides is 1. The van der Waals surface area contributed by atoms with Gasteiger partial charge in [0.15, 0.2) is 0 Å². The summed E-state index contributed by atoms with van der Waals surface area (Å²) in [7, 11) is -3.80. The molecular weight excluding hydrogens is 337 g/mol. The number of aliphatic hydroxyl groups is 1. The highest BCUT2D eigenvalue weighted by Gasteiger charge is 2.17. The SMILES string of the molecule is CSc1ccc([C@@H](O)CNS(=O)(=O)c2ccc(F)c(C)c2)cc1. The highest BCUT2D eigenvalue weighted by atomic mass is 32.2. The molecular formula is C16H18FNO3S2. The first-order valence-electron chi connectivity index (χ1n) is 6.91. The minimum atomic E-state index is -3.80. The number of hydrogen-bond acceptors (Lipinski definition) is 4. The number of aliphatic hydroxyl groups excluding tert-OH is 1. The monoisotopic (exact) mass is 355 g/mol. The second kappa shape index (κ2) is 7.44. The van der Waals surface area contributed by atoms with E-state index in [0.717, 1.165) is 11.0 Å². The summed E-state index contributed by atoms with van der Waals surface area (Å²) in [5.74, 6) is -0.460. The summed E-state index contributed by atoms with van der Waals surface area (Å²) in [6.07, 6.45) is 0.992. The van der Waals surface area contributed by atoms with Crippen molar-refractivity contribution in [1.29, 1.82) is 0 Å². The molecule has 0 fully saturated rings. The third kappa shape index (κ3) is 4.54. The van der Waals surface area contributed by atoms with Crippen LogP contribution >= 0.6 is 11.8 Å². The fourth-order valence-electron chi connectivity index (χ4n) is 2.00. The maximum absolute atomic E-state index is 13.2. The summed E-state index contributed by atoms with van der Waals surface area (Å²) >= 11 is 1.58. The molecule has 0 radical (unpaired) electrons. The van der Waals surface area contributed by atoms with Crippen LogP contribution in [0.2, 0.25) is 0 Å². The van der Waals surface area contributed by atoms with E-state index in [4.69, 9.17) is 0 Å². The smallest absolute Gasteiger partial charge is 0.240 e. The molecule has 2 N–H and O–H groups in total. The molecule has 0 aliphatic rings. The first-order chi connectivity index (χ1) is 10.8. The average Bonchev–Trinajstić information content (AvgIpc) is 2.55. The van der Waals surface area contributed by atoms with Gasteiger partial charge in [0.2, 0.25) is 10.0 Å². The largest absolute Gasteiger partial charge is 0.387 e. The Labute approximate surface area is 139 Å². The van der Waals surface area contributed by atoms with Gasteiger partial charge in [-0.1, -0.05) is 12.1 Å². The summed E-state index contributed by atoms with van der Waals surface area (Å²) in [6, 6.07) is 10.8. The van der Waals surface area contributed by atoms with Crippen LogP contribution in [-0.2, 0) is 10.0 Å². The molecule has 0 spiro atoms. The standard InChI is InChI=1S/C16H18FNO3S2/c1-11-9-14(7-8-15(11)17)23(20,21)18-10-16(19)12-3-5-13(22-2)6-4-12/h3-9,16,18-19H,10H2,1-2H3/t16-/m0/s1. The molecule has 0 unspecified atom stereocenters. The molecule has 2 rings (SSSR count). The lowest BCUT2D eigenvalue weighted by atomic mass is 10.1. The highest BCUT2D eigenvalue weighted by Crippen LogP contribution is 2.19. The minimum absolute atomic E-state index is 0.0265. The molecule has 0 aliphatic heterocycles. The van der Waals surface area contributed by atoms with Crippen LogP contribution < -0.4 is 4.72 Å². The number of rotatable bonds is 6. The fraction of sp³-hybridized carbons (Fsp3) is 0.250. The van der Waals surface area contributed by atoms with Crippen molar-refractivity contribution in [3.8, 4) is 0 Å². The van der Waals surface area contributed by atoms with E-state index in [-0.39, 0.29) is 17.0 Å². The van der Waals surface area contributed by atoms with E-state index in [9.17, 15) is 17.9 Å². The molecule has 0 aliphatic carbocycles. The summed E-state index contributed by atoms with van der Waals surface area (Å²) in [5, 5.41) is 10.1. The van der Waals surface area contributed by atoms with Crippen molar-refractivity contribution >= 4 is 21.8 Å². The van der Waals surface area contributed by atoms with Gasteiger partial charge >= 0.3 is 0 Å². The summed E-state index contributed by atoms with van der Waals surface area (Å²) in [5.41, 5.74) is 0.877. The number of nitrogens with one attached hydrogen (secondary N) is 1. The number of thioether (sulfide) groups is 1. The third-order valence-corrected chi connectivity index (χ3v) is 5.57. The van der Waals surface area contributed by atoms with Crippen LogP contribution in [-0.4, -0.2) is 26.3 Å². The Balaban J connectivity index is 2.06. The Morgan fingerprint density at radius 3 is 2.43 bits per heavy atom. The van der Waals surface area contributed by atoms with Gasteiger partial charge in [0, 0.05) is 11.4 Å². The van der Waals surface area contributed by atoms with Gasteiger partial charge in [-0.15, -0.1) is 11.8 Å². The van der Waals surface area contributed by atoms with Crippen molar-refractivity contribution in [1.82, 2.24) is 4.72 Å². The number of benzene rings is 2. The van der Waals surface area contributed by atoms with Crippen LogP contribution in [0.25, 0.3) is 0 Å². The molecule has 124 valence electrons. The molecule has 0 amide bonds.